The smallest absolute Gasteiger partial charge is 0.151 e. The first-order chi connectivity index (χ1) is 12.8. The van der Waals surface area contributed by atoms with Gasteiger partial charge in [-0.2, -0.15) is 0 Å². The van der Waals surface area contributed by atoms with Crippen LogP contribution in [0.4, 0.5) is 0 Å². The molecular formula is C19H21N5O2. The molecule has 0 spiro atoms. The highest BCUT2D eigenvalue weighted by Crippen LogP contribution is 2.31. The first-order valence-electron chi connectivity index (χ1n) is 9.02. The second-order valence-corrected chi connectivity index (χ2v) is 7.16. The molecule has 0 N–H and O–H groups in total. The van der Waals surface area contributed by atoms with Crippen LogP contribution in [-0.2, 0) is 17.9 Å². The Bertz CT molecular complexity index is 901. The maximum absolute atomic E-state index is 5.97. The maximum atomic E-state index is 5.97. The van der Waals surface area contributed by atoms with E-state index in [2.05, 4.69) is 51.6 Å². The van der Waals surface area contributed by atoms with Crippen LogP contribution in [-0.4, -0.2) is 44.2 Å². The SMILES string of the molecule is Cc1ccc(-c2cc(CN3CC[C@@H]4OCc5cnnn5[C@H]4C3)on2)cc1. The second kappa shape index (κ2) is 6.34. The van der Waals surface area contributed by atoms with Crippen LogP contribution in [0.1, 0.15) is 29.5 Å². The number of likely N-dealkylation sites (tertiary alicyclic amines) is 1. The number of fused-ring (bicyclic) bond motifs is 3. The van der Waals surface area contributed by atoms with E-state index in [9.17, 15) is 0 Å². The zero-order valence-electron chi connectivity index (χ0n) is 14.7. The molecule has 1 saturated heterocycles. The monoisotopic (exact) mass is 351 g/mol. The van der Waals surface area contributed by atoms with E-state index in [-0.39, 0.29) is 12.1 Å². The molecule has 0 unspecified atom stereocenters. The Morgan fingerprint density at radius 2 is 2.12 bits per heavy atom. The van der Waals surface area contributed by atoms with Crippen molar-refractivity contribution in [1.29, 1.82) is 0 Å². The summed E-state index contributed by atoms with van der Waals surface area (Å²) in [6, 6.07) is 10.6. The standard InChI is InChI=1S/C19H21N5O2/c1-13-2-4-14(5-3-13)17-8-16(26-21-17)10-23-7-6-19-18(11-23)24-15(12-25-19)9-20-22-24/h2-5,8-9,18-19H,6-7,10-12H2,1H3/t18-,19-/m0/s1. The normalized spacial score (nSPS) is 22.8. The van der Waals surface area contributed by atoms with Crippen molar-refractivity contribution in [3.63, 3.8) is 0 Å². The summed E-state index contributed by atoms with van der Waals surface area (Å²) in [5, 5.41) is 12.5. The van der Waals surface area contributed by atoms with Gasteiger partial charge in [-0.15, -0.1) is 5.10 Å². The van der Waals surface area contributed by atoms with Crippen LogP contribution in [0.15, 0.2) is 41.1 Å². The number of aryl methyl sites for hydroxylation is 1. The molecule has 3 aromatic rings. The zero-order chi connectivity index (χ0) is 17.5. The van der Waals surface area contributed by atoms with Crippen molar-refractivity contribution < 1.29 is 9.26 Å². The maximum Gasteiger partial charge on any atom is 0.151 e. The Kier molecular flexibility index (Phi) is 3.83. The Balaban J connectivity index is 1.30. The summed E-state index contributed by atoms with van der Waals surface area (Å²) >= 11 is 0. The van der Waals surface area contributed by atoms with Crippen LogP contribution in [0.3, 0.4) is 0 Å². The van der Waals surface area contributed by atoms with Crippen molar-refractivity contribution in [2.24, 2.45) is 0 Å². The number of ether oxygens (including phenoxy) is 1. The Hall–Kier alpha value is -2.51. The number of aromatic nitrogens is 4. The molecule has 2 aliphatic rings. The molecule has 2 aromatic heterocycles. The third-order valence-corrected chi connectivity index (χ3v) is 5.30. The van der Waals surface area contributed by atoms with E-state index in [1.807, 2.05) is 10.7 Å². The lowest BCUT2D eigenvalue weighted by molar-refractivity contribution is -0.0679. The van der Waals surface area contributed by atoms with Gasteiger partial charge in [0.05, 0.1) is 37.2 Å². The molecule has 5 rings (SSSR count). The van der Waals surface area contributed by atoms with Crippen LogP contribution >= 0.6 is 0 Å². The predicted molar refractivity (Wildman–Crippen MR) is 94.2 cm³/mol. The summed E-state index contributed by atoms with van der Waals surface area (Å²) in [6.45, 7) is 5.28. The minimum absolute atomic E-state index is 0.217. The topological polar surface area (TPSA) is 69.2 Å². The average molecular weight is 351 g/mol. The summed E-state index contributed by atoms with van der Waals surface area (Å²) in [7, 11) is 0. The summed E-state index contributed by atoms with van der Waals surface area (Å²) in [6.07, 6.45) is 3.00. The molecule has 7 heteroatoms. The zero-order valence-corrected chi connectivity index (χ0v) is 14.7. The number of hydrogen-bond donors (Lipinski definition) is 0. The van der Waals surface area contributed by atoms with Gasteiger partial charge in [0.1, 0.15) is 5.69 Å². The van der Waals surface area contributed by atoms with Crippen molar-refractivity contribution in [3.8, 4) is 11.3 Å². The minimum atomic E-state index is 0.217. The predicted octanol–water partition coefficient (Wildman–Crippen LogP) is 2.59. The van der Waals surface area contributed by atoms with E-state index in [4.69, 9.17) is 9.26 Å². The molecule has 26 heavy (non-hydrogen) atoms. The largest absolute Gasteiger partial charge is 0.370 e. The van der Waals surface area contributed by atoms with Gasteiger partial charge in [0.25, 0.3) is 0 Å². The molecule has 7 nitrogen and oxygen atoms in total. The summed E-state index contributed by atoms with van der Waals surface area (Å²) < 4.78 is 13.6. The highest BCUT2D eigenvalue weighted by atomic mass is 16.5. The molecule has 2 atom stereocenters. The van der Waals surface area contributed by atoms with Crippen molar-refractivity contribution in [2.45, 2.75) is 38.6 Å². The number of piperidine rings is 1. The van der Waals surface area contributed by atoms with Gasteiger partial charge in [-0.25, -0.2) is 4.68 Å². The van der Waals surface area contributed by atoms with Crippen molar-refractivity contribution in [3.05, 3.63) is 53.5 Å². The van der Waals surface area contributed by atoms with Crippen molar-refractivity contribution in [2.75, 3.05) is 13.1 Å². The molecule has 134 valence electrons. The minimum Gasteiger partial charge on any atom is -0.370 e. The van der Waals surface area contributed by atoms with E-state index in [0.29, 0.717) is 6.61 Å². The van der Waals surface area contributed by atoms with Crippen LogP contribution in [0, 0.1) is 6.92 Å². The fraction of sp³-hybridized carbons (Fsp3) is 0.421. The third kappa shape index (κ3) is 2.83. The van der Waals surface area contributed by atoms with Gasteiger partial charge in [0.15, 0.2) is 5.76 Å². The van der Waals surface area contributed by atoms with E-state index in [0.717, 1.165) is 48.8 Å². The number of rotatable bonds is 3. The van der Waals surface area contributed by atoms with Gasteiger partial charge in [-0.1, -0.05) is 40.2 Å². The van der Waals surface area contributed by atoms with E-state index < -0.39 is 0 Å². The average Bonchev–Trinajstić information content (AvgIpc) is 3.32. The first kappa shape index (κ1) is 15.7. The van der Waals surface area contributed by atoms with Gasteiger partial charge in [-0.05, 0) is 13.3 Å². The van der Waals surface area contributed by atoms with Crippen molar-refractivity contribution in [1.82, 2.24) is 25.1 Å². The molecule has 0 saturated carbocycles. The number of hydrogen-bond acceptors (Lipinski definition) is 6. The Labute approximate surface area is 151 Å². The number of nitrogens with zero attached hydrogens (tertiary/aromatic N) is 5. The second-order valence-electron chi connectivity index (χ2n) is 7.16. The van der Waals surface area contributed by atoms with Crippen molar-refractivity contribution >= 4 is 0 Å². The lowest BCUT2D eigenvalue weighted by atomic mass is 10.0. The van der Waals surface area contributed by atoms with E-state index in [1.165, 1.54) is 5.56 Å². The summed E-state index contributed by atoms with van der Waals surface area (Å²) in [4.78, 5) is 2.38. The van der Waals surface area contributed by atoms with E-state index in [1.54, 1.807) is 6.20 Å². The van der Waals surface area contributed by atoms with Gasteiger partial charge in [0, 0.05) is 24.7 Å². The highest BCUT2D eigenvalue weighted by molar-refractivity contribution is 5.59. The van der Waals surface area contributed by atoms with Crippen LogP contribution < -0.4 is 0 Å². The van der Waals surface area contributed by atoms with Gasteiger partial charge >= 0.3 is 0 Å². The first-order valence-corrected chi connectivity index (χ1v) is 9.02. The Morgan fingerprint density at radius 1 is 1.23 bits per heavy atom. The molecular weight excluding hydrogens is 330 g/mol. The molecule has 1 fully saturated rings. The molecule has 1 aromatic carbocycles. The van der Waals surface area contributed by atoms with E-state index >= 15 is 0 Å². The lowest BCUT2D eigenvalue weighted by Crippen LogP contribution is -2.47. The van der Waals surface area contributed by atoms with Crippen LogP contribution in [0.2, 0.25) is 0 Å². The van der Waals surface area contributed by atoms with Gasteiger partial charge in [0.2, 0.25) is 0 Å². The quantitative estimate of drug-likeness (QED) is 0.722. The Morgan fingerprint density at radius 3 is 3.00 bits per heavy atom. The van der Waals surface area contributed by atoms with Crippen LogP contribution in [0.5, 0.6) is 0 Å². The molecule has 4 heterocycles. The van der Waals surface area contributed by atoms with Crippen LogP contribution in [0.25, 0.3) is 11.3 Å². The van der Waals surface area contributed by atoms with Gasteiger partial charge in [-0.3, -0.25) is 4.90 Å². The highest BCUT2D eigenvalue weighted by Gasteiger charge is 2.36. The molecule has 0 bridgehead atoms. The lowest BCUT2D eigenvalue weighted by Gasteiger charge is -2.40. The fourth-order valence-corrected chi connectivity index (χ4v) is 3.86. The fourth-order valence-electron chi connectivity index (χ4n) is 3.86. The summed E-state index contributed by atoms with van der Waals surface area (Å²) in [5.41, 5.74) is 4.25. The van der Waals surface area contributed by atoms with Gasteiger partial charge < -0.3 is 9.26 Å². The molecule has 0 aliphatic carbocycles. The number of benzene rings is 1. The molecule has 0 amide bonds. The third-order valence-electron chi connectivity index (χ3n) is 5.30. The summed E-state index contributed by atoms with van der Waals surface area (Å²) in [5.74, 6) is 0.884. The molecule has 0 radical (unpaired) electrons. The molecule has 2 aliphatic heterocycles.